The second-order valence-electron chi connectivity index (χ2n) is 6.63. The Morgan fingerprint density at radius 1 is 1.12 bits per heavy atom. The molecule has 2 aliphatic carbocycles. The van der Waals surface area contributed by atoms with Gasteiger partial charge in [0.25, 0.3) is 0 Å². The van der Waals surface area contributed by atoms with Gasteiger partial charge in [-0.3, -0.25) is 10.7 Å². The Kier molecular flexibility index (Phi) is 31.7. The number of hydrogen-bond donors (Lipinski definition) is 0. The second kappa shape index (κ2) is 26.9. The van der Waals surface area contributed by atoms with Crippen molar-refractivity contribution in [3.8, 4) is 11.8 Å². The molecule has 2 fully saturated rings. The number of rotatable bonds is 8. The van der Waals surface area contributed by atoms with E-state index in [4.69, 9.17) is 23.4 Å². The normalized spacial score (nSPS) is 19.7. The van der Waals surface area contributed by atoms with Crippen LogP contribution in [-0.2, 0) is 49.3 Å². The summed E-state index contributed by atoms with van der Waals surface area (Å²) in [5.41, 5.74) is 0.589. The summed E-state index contributed by atoms with van der Waals surface area (Å²) in [6, 6.07) is 0. The van der Waals surface area contributed by atoms with Crippen molar-refractivity contribution in [1.82, 2.24) is 0 Å². The first-order valence-electron chi connectivity index (χ1n) is 9.96. The summed E-state index contributed by atoms with van der Waals surface area (Å²) in [4.78, 5) is 12.3. The first-order chi connectivity index (χ1) is 15.5. The van der Waals surface area contributed by atoms with E-state index in [1.54, 1.807) is 0 Å². The van der Waals surface area contributed by atoms with Gasteiger partial charge in [0.15, 0.2) is 6.29 Å². The number of hydrogen-bond acceptors (Lipinski definition) is 3. The van der Waals surface area contributed by atoms with Crippen molar-refractivity contribution in [2.24, 2.45) is 11.3 Å². The van der Waals surface area contributed by atoms with E-state index in [-0.39, 0.29) is 39.1 Å². The minimum atomic E-state index is -0.440. The standard InChI is InChI=1S/C18H27O3.C5H5.3CO.W/c1-6-9-12-18(5)15(10-11-16(18)19)14(4)13-17(20-7-2)21-8-3;1-2-4-5-3-1;3*1-2;/h15,17H,1,4,7-8,10-13H2,2-3,5H3;1-5H;;;;/q-1;;;;;+2/t15-,18-;;;;;/m0...../s1. The molecule has 0 aliphatic heterocycles. The van der Waals surface area contributed by atoms with Crippen LogP contribution in [0.15, 0.2) is 12.2 Å². The fraction of sp³-hybridized carbons (Fsp3) is 0.462. The molecule has 0 spiro atoms. The summed E-state index contributed by atoms with van der Waals surface area (Å²) < 4.78 is 33.7. The molecule has 177 valence electrons. The smallest absolute Gasteiger partial charge is 0.0312 e. The Bertz CT molecular complexity index is 596. The van der Waals surface area contributed by atoms with E-state index >= 15 is 0 Å². The van der Waals surface area contributed by atoms with Crippen LogP contribution < -0.4 is 0 Å². The molecule has 0 aromatic rings. The number of Topliss-reactive ketones (excluding diaryl/α,β-unsaturated/α-hetero) is 1. The Hall–Kier alpha value is -1.33. The number of ketones is 1. The Morgan fingerprint density at radius 3 is 1.91 bits per heavy atom. The van der Waals surface area contributed by atoms with Gasteiger partial charge in [0.2, 0.25) is 0 Å². The molecule has 2 rings (SSSR count). The van der Waals surface area contributed by atoms with Crippen LogP contribution in [0.5, 0.6) is 0 Å². The molecule has 0 heterocycles. The average molecular weight is 624 g/mol. The van der Waals surface area contributed by atoms with Crippen LogP contribution in [0.4, 0.5) is 0 Å². The third-order valence-electron chi connectivity index (χ3n) is 4.83. The summed E-state index contributed by atoms with van der Waals surface area (Å²) in [6.07, 6.45) is 12.4. The molecule has 0 N–H and O–H groups in total. The first-order valence-corrected chi connectivity index (χ1v) is 9.96. The Labute approximate surface area is 215 Å². The van der Waals surface area contributed by atoms with Gasteiger partial charge in [0.1, 0.15) is 5.78 Å². The predicted molar refractivity (Wildman–Crippen MR) is 118 cm³/mol. The van der Waals surface area contributed by atoms with E-state index in [1.807, 2.05) is 52.9 Å². The van der Waals surface area contributed by atoms with Gasteiger partial charge in [-0.1, -0.05) is 25.5 Å². The molecule has 0 saturated heterocycles. The third-order valence-corrected chi connectivity index (χ3v) is 4.83. The summed E-state index contributed by atoms with van der Waals surface area (Å²) in [7, 11) is 0. The average Bonchev–Trinajstić information content (AvgIpc) is 3.50. The largest absolute Gasteiger partial charge is 2.00 e. The van der Waals surface area contributed by atoms with Gasteiger partial charge in [-0.2, -0.15) is 6.92 Å². The van der Waals surface area contributed by atoms with Crippen molar-refractivity contribution in [3.63, 3.8) is 0 Å². The molecule has 0 amide bonds. The van der Waals surface area contributed by atoms with Gasteiger partial charge in [-0.05, 0) is 58.3 Å². The van der Waals surface area contributed by atoms with Gasteiger partial charge in [-0.15, -0.1) is 0 Å². The number of ether oxygens (including phenoxy) is 2. The van der Waals surface area contributed by atoms with Crippen molar-refractivity contribution in [1.29, 1.82) is 0 Å². The van der Waals surface area contributed by atoms with Gasteiger partial charge in [-0.25, -0.2) is 0 Å². The van der Waals surface area contributed by atoms with Crippen LogP contribution in [0.1, 0.15) is 46.5 Å². The van der Waals surface area contributed by atoms with E-state index in [0.29, 0.717) is 32.5 Å². The molecule has 0 aromatic heterocycles. The van der Waals surface area contributed by atoms with Crippen molar-refractivity contribution < 1.29 is 49.3 Å². The number of carbonyl (C=O) groups is 1. The fourth-order valence-electron chi connectivity index (χ4n) is 3.41. The third kappa shape index (κ3) is 16.0. The van der Waals surface area contributed by atoms with Gasteiger partial charge >= 0.3 is 55.0 Å². The van der Waals surface area contributed by atoms with Gasteiger partial charge in [0, 0.05) is 31.5 Å². The second-order valence-corrected chi connectivity index (χ2v) is 6.63. The molecule has 2 aliphatic rings. The van der Waals surface area contributed by atoms with Gasteiger partial charge < -0.3 is 15.4 Å². The van der Waals surface area contributed by atoms with Gasteiger partial charge in [0.05, 0.1) is 0 Å². The molecule has 2 atom stereocenters. The molecular formula is C26H32O6W+. The fourth-order valence-corrected chi connectivity index (χ4v) is 3.41. The molecule has 0 aromatic carbocycles. The van der Waals surface area contributed by atoms with E-state index in [0.717, 1.165) is 12.0 Å². The number of carbonyl (C=O) groups excluding carboxylic acids is 1. The molecule has 0 unspecified atom stereocenters. The topological polar surface area (TPSA) is 95.2 Å². The summed E-state index contributed by atoms with van der Waals surface area (Å²) in [6.45, 7) is 28.3. The minimum absolute atomic E-state index is 0. The van der Waals surface area contributed by atoms with E-state index in [2.05, 4.69) is 45.3 Å². The molecule has 7 heteroatoms. The predicted octanol–water partition coefficient (Wildman–Crippen LogP) is 4.45. The molecule has 2 saturated carbocycles. The van der Waals surface area contributed by atoms with Crippen molar-refractivity contribution in [2.45, 2.75) is 52.7 Å². The minimum Gasteiger partial charge on any atom is -0.0312 e. The molecular weight excluding hydrogens is 592 g/mol. The summed E-state index contributed by atoms with van der Waals surface area (Å²) in [5, 5.41) is 0. The first kappa shape index (κ1) is 38.9. The summed E-state index contributed by atoms with van der Waals surface area (Å²) in [5.74, 6) is 6.04. The Morgan fingerprint density at radius 2 is 1.55 bits per heavy atom. The zero-order valence-corrected chi connectivity index (χ0v) is 22.5. The maximum absolute atomic E-state index is 12.3. The maximum atomic E-state index is 12.3. The molecule has 33 heavy (non-hydrogen) atoms. The van der Waals surface area contributed by atoms with Crippen LogP contribution in [0.3, 0.4) is 0 Å². The quantitative estimate of drug-likeness (QED) is 0.131. The van der Waals surface area contributed by atoms with Crippen molar-refractivity contribution >= 4 is 5.78 Å². The van der Waals surface area contributed by atoms with Crippen LogP contribution in [0, 0.1) is 82.2 Å². The zero-order chi connectivity index (χ0) is 25.4. The molecule has 5 radical (unpaired) electrons. The van der Waals surface area contributed by atoms with E-state index in [1.165, 1.54) is 0 Å². The van der Waals surface area contributed by atoms with Crippen molar-refractivity contribution in [3.05, 3.63) is 71.1 Å². The summed E-state index contributed by atoms with van der Waals surface area (Å²) >= 11 is 0. The van der Waals surface area contributed by atoms with Crippen LogP contribution in [-0.4, -0.2) is 25.3 Å². The van der Waals surface area contributed by atoms with Crippen molar-refractivity contribution in [2.75, 3.05) is 13.2 Å². The van der Waals surface area contributed by atoms with Crippen LogP contribution in [0.25, 0.3) is 0 Å². The Balaban J connectivity index is -0.000000294. The maximum Gasteiger partial charge on any atom is 2.00 e. The SMILES string of the molecule is C=C(CC(OCC)OCC)[C@@H]1CCC(=O)[C@@]1(C)CC#C[CH2-].[C-]#[O+].[C-]#[O+].[C-]#[O+].[CH]1[CH][CH][CH][CH]1.[W+2]. The van der Waals surface area contributed by atoms with E-state index < -0.39 is 5.41 Å². The molecule has 6 nitrogen and oxygen atoms in total. The van der Waals surface area contributed by atoms with Crippen LogP contribution in [0.2, 0.25) is 0 Å². The van der Waals surface area contributed by atoms with E-state index in [9.17, 15) is 4.79 Å². The molecule has 0 bridgehead atoms. The monoisotopic (exact) mass is 624 g/mol. The van der Waals surface area contributed by atoms with Crippen LogP contribution >= 0.6 is 0 Å². The zero-order valence-electron chi connectivity index (χ0n) is 19.6.